The number of nitrogens with zero attached hydrogens (tertiary/aromatic N) is 1. The molecule has 0 fully saturated rings. The van der Waals surface area contributed by atoms with Gasteiger partial charge in [-0.3, -0.25) is 9.78 Å². The number of carbonyl (C=O) groups excluding carboxylic acids is 1. The number of nitrogens with one attached hydrogen (secondary N) is 1. The van der Waals surface area contributed by atoms with Crippen molar-refractivity contribution in [1.29, 1.82) is 0 Å². The van der Waals surface area contributed by atoms with E-state index in [-0.39, 0.29) is 5.91 Å². The molecule has 6 heteroatoms. The molecular weight excluding hydrogens is 359 g/mol. The first kappa shape index (κ1) is 17.3. The van der Waals surface area contributed by atoms with Crippen LogP contribution in [0, 0.1) is 0 Å². The lowest BCUT2D eigenvalue weighted by atomic mass is 10.1. The highest BCUT2D eigenvalue weighted by Gasteiger charge is 2.14. The van der Waals surface area contributed by atoms with Gasteiger partial charge in [0, 0.05) is 28.0 Å². The molecule has 1 N–H and O–H groups in total. The van der Waals surface area contributed by atoms with Crippen molar-refractivity contribution in [3.8, 4) is 17.0 Å². The van der Waals surface area contributed by atoms with Gasteiger partial charge in [0.1, 0.15) is 11.4 Å². The molecule has 0 aliphatic rings. The third-order valence-corrected chi connectivity index (χ3v) is 4.14. The Balaban J connectivity index is 1.86. The van der Waals surface area contributed by atoms with E-state index in [1.807, 2.05) is 0 Å². The van der Waals surface area contributed by atoms with Crippen molar-refractivity contribution in [3.63, 3.8) is 0 Å². The molecule has 0 saturated heterocycles. The van der Waals surface area contributed by atoms with Gasteiger partial charge in [-0.1, -0.05) is 29.3 Å². The molecule has 0 saturated carbocycles. The Hall–Kier alpha value is -2.56. The van der Waals surface area contributed by atoms with E-state index >= 15 is 0 Å². The average molecular weight is 373 g/mol. The molecular formula is C19H14Cl2N2O2. The molecule has 1 heterocycles. The number of benzene rings is 2. The van der Waals surface area contributed by atoms with E-state index in [9.17, 15) is 4.79 Å². The Kier molecular flexibility index (Phi) is 5.22. The highest BCUT2D eigenvalue weighted by molar-refractivity contribution is 6.33. The van der Waals surface area contributed by atoms with E-state index in [2.05, 4.69) is 10.3 Å². The lowest BCUT2D eigenvalue weighted by Crippen LogP contribution is -2.11. The van der Waals surface area contributed by atoms with Crippen LogP contribution in [-0.2, 0) is 0 Å². The number of methoxy groups -OCH3 is 1. The lowest BCUT2D eigenvalue weighted by molar-refractivity contribution is 0.102. The Labute approximate surface area is 155 Å². The molecule has 2 aromatic carbocycles. The van der Waals surface area contributed by atoms with E-state index in [1.165, 1.54) is 0 Å². The maximum atomic E-state index is 12.4. The van der Waals surface area contributed by atoms with Gasteiger partial charge in [0.2, 0.25) is 0 Å². The second kappa shape index (κ2) is 7.55. The van der Waals surface area contributed by atoms with Gasteiger partial charge in [0.05, 0.1) is 12.1 Å². The minimum Gasteiger partial charge on any atom is -0.494 e. The zero-order valence-corrected chi connectivity index (χ0v) is 14.8. The summed E-state index contributed by atoms with van der Waals surface area (Å²) in [6, 6.07) is 15.5. The highest BCUT2D eigenvalue weighted by atomic mass is 35.5. The Morgan fingerprint density at radius 2 is 1.84 bits per heavy atom. The van der Waals surface area contributed by atoms with Gasteiger partial charge in [0.25, 0.3) is 5.91 Å². The van der Waals surface area contributed by atoms with E-state index in [1.54, 1.807) is 67.9 Å². The SMILES string of the molecule is COc1cccnc1-c1ccc(C(=O)Nc2ccc(Cl)cc2)cc1Cl. The zero-order valence-electron chi connectivity index (χ0n) is 13.3. The fourth-order valence-electron chi connectivity index (χ4n) is 2.34. The number of amides is 1. The van der Waals surface area contributed by atoms with Gasteiger partial charge in [-0.2, -0.15) is 0 Å². The number of halogens is 2. The minimum atomic E-state index is -0.260. The van der Waals surface area contributed by atoms with Crippen molar-refractivity contribution < 1.29 is 9.53 Å². The molecule has 4 nitrogen and oxygen atoms in total. The van der Waals surface area contributed by atoms with Crippen molar-refractivity contribution in [2.45, 2.75) is 0 Å². The Morgan fingerprint density at radius 1 is 1.08 bits per heavy atom. The fourth-order valence-corrected chi connectivity index (χ4v) is 2.74. The highest BCUT2D eigenvalue weighted by Crippen LogP contribution is 2.33. The summed E-state index contributed by atoms with van der Waals surface area (Å²) in [7, 11) is 1.57. The second-order valence-corrected chi connectivity index (χ2v) is 6.05. The van der Waals surface area contributed by atoms with Gasteiger partial charge < -0.3 is 10.1 Å². The number of hydrogen-bond acceptors (Lipinski definition) is 3. The molecule has 0 spiro atoms. The van der Waals surface area contributed by atoms with Gasteiger partial charge in [-0.05, 0) is 48.5 Å². The summed E-state index contributed by atoms with van der Waals surface area (Å²) in [4.78, 5) is 16.7. The number of rotatable bonds is 4. The molecule has 1 amide bonds. The summed E-state index contributed by atoms with van der Waals surface area (Å²) in [5.41, 5.74) is 2.42. The molecule has 126 valence electrons. The molecule has 25 heavy (non-hydrogen) atoms. The van der Waals surface area contributed by atoms with Crippen LogP contribution in [0.3, 0.4) is 0 Å². The third-order valence-electron chi connectivity index (χ3n) is 3.58. The van der Waals surface area contributed by atoms with Gasteiger partial charge in [0.15, 0.2) is 0 Å². The monoisotopic (exact) mass is 372 g/mol. The topological polar surface area (TPSA) is 51.2 Å². The summed E-state index contributed by atoms with van der Waals surface area (Å²) < 4.78 is 5.31. The first-order valence-electron chi connectivity index (χ1n) is 7.44. The molecule has 0 unspecified atom stereocenters. The normalized spacial score (nSPS) is 10.4. The maximum Gasteiger partial charge on any atom is 0.255 e. The minimum absolute atomic E-state index is 0.260. The zero-order chi connectivity index (χ0) is 17.8. The molecule has 1 aromatic heterocycles. The lowest BCUT2D eigenvalue weighted by Gasteiger charge is -2.10. The predicted octanol–water partition coefficient (Wildman–Crippen LogP) is 5.32. The van der Waals surface area contributed by atoms with Crippen molar-refractivity contribution in [2.75, 3.05) is 12.4 Å². The van der Waals surface area contributed by atoms with Crippen molar-refractivity contribution in [1.82, 2.24) is 4.98 Å². The quantitative estimate of drug-likeness (QED) is 0.674. The van der Waals surface area contributed by atoms with Gasteiger partial charge >= 0.3 is 0 Å². The molecule has 3 aromatic rings. The molecule has 0 aliphatic heterocycles. The van der Waals surface area contributed by atoms with Crippen molar-refractivity contribution >= 4 is 34.8 Å². The standard InChI is InChI=1S/C19H14Cl2N2O2/c1-25-17-3-2-10-22-18(17)15-9-4-12(11-16(15)21)19(24)23-14-7-5-13(20)6-8-14/h2-11H,1H3,(H,23,24). The van der Waals surface area contributed by atoms with E-state index in [0.29, 0.717) is 38.3 Å². The maximum absolute atomic E-state index is 12.4. The number of hydrogen-bond donors (Lipinski definition) is 1. The third kappa shape index (κ3) is 3.92. The summed E-state index contributed by atoms with van der Waals surface area (Å²) in [5.74, 6) is 0.353. The average Bonchev–Trinajstić information content (AvgIpc) is 2.63. The van der Waals surface area contributed by atoms with Crippen LogP contribution >= 0.6 is 23.2 Å². The summed E-state index contributed by atoms with van der Waals surface area (Å²) in [6.45, 7) is 0. The first-order chi connectivity index (χ1) is 12.1. The van der Waals surface area contributed by atoms with E-state index < -0.39 is 0 Å². The number of pyridine rings is 1. The molecule has 0 atom stereocenters. The molecule has 0 bridgehead atoms. The largest absolute Gasteiger partial charge is 0.494 e. The van der Waals surface area contributed by atoms with Gasteiger partial charge in [-0.25, -0.2) is 0 Å². The Bertz CT molecular complexity index is 912. The van der Waals surface area contributed by atoms with E-state index in [0.717, 1.165) is 0 Å². The van der Waals surface area contributed by atoms with Crippen LogP contribution in [0.25, 0.3) is 11.3 Å². The van der Waals surface area contributed by atoms with Crippen LogP contribution in [0.1, 0.15) is 10.4 Å². The molecule has 0 radical (unpaired) electrons. The predicted molar refractivity (Wildman–Crippen MR) is 101 cm³/mol. The van der Waals surface area contributed by atoms with Crippen LogP contribution in [0.4, 0.5) is 5.69 Å². The van der Waals surface area contributed by atoms with Crippen LogP contribution in [0.5, 0.6) is 5.75 Å². The second-order valence-electron chi connectivity index (χ2n) is 5.21. The molecule has 0 aliphatic carbocycles. The number of carbonyl (C=O) groups is 1. The van der Waals surface area contributed by atoms with Crippen LogP contribution in [0.15, 0.2) is 60.8 Å². The fraction of sp³-hybridized carbons (Fsp3) is 0.0526. The molecule has 3 rings (SSSR count). The number of aromatic nitrogens is 1. The van der Waals surface area contributed by atoms with Crippen molar-refractivity contribution in [2.24, 2.45) is 0 Å². The smallest absolute Gasteiger partial charge is 0.255 e. The number of ether oxygens (including phenoxy) is 1. The van der Waals surface area contributed by atoms with Crippen LogP contribution in [0.2, 0.25) is 10.0 Å². The van der Waals surface area contributed by atoms with Crippen LogP contribution < -0.4 is 10.1 Å². The summed E-state index contributed by atoms with van der Waals surface area (Å²) >= 11 is 12.2. The Morgan fingerprint density at radius 3 is 2.52 bits per heavy atom. The summed E-state index contributed by atoms with van der Waals surface area (Å²) in [6.07, 6.45) is 1.66. The van der Waals surface area contributed by atoms with Crippen molar-refractivity contribution in [3.05, 3.63) is 76.4 Å². The first-order valence-corrected chi connectivity index (χ1v) is 8.20. The van der Waals surface area contributed by atoms with E-state index in [4.69, 9.17) is 27.9 Å². The van der Waals surface area contributed by atoms with Crippen LogP contribution in [-0.4, -0.2) is 18.0 Å². The summed E-state index contributed by atoms with van der Waals surface area (Å²) in [5, 5.41) is 3.82. The number of anilines is 1. The van der Waals surface area contributed by atoms with Gasteiger partial charge in [-0.15, -0.1) is 0 Å².